The zero-order valence-corrected chi connectivity index (χ0v) is 17.4. The van der Waals surface area contributed by atoms with E-state index in [0.717, 1.165) is 48.8 Å². The molecule has 0 spiro atoms. The Balaban J connectivity index is 1.92. The fourth-order valence-electron chi connectivity index (χ4n) is 3.19. The molecule has 0 radical (unpaired) electrons. The van der Waals surface area contributed by atoms with Crippen LogP contribution < -0.4 is 10.6 Å². The first-order chi connectivity index (χ1) is 12.3. The van der Waals surface area contributed by atoms with E-state index in [1.54, 1.807) is 0 Å². The molecule has 0 aromatic carbocycles. The van der Waals surface area contributed by atoms with Gasteiger partial charge in [-0.3, -0.25) is 10.1 Å². The van der Waals surface area contributed by atoms with E-state index >= 15 is 0 Å². The van der Waals surface area contributed by atoms with Crippen molar-refractivity contribution >= 4 is 23.7 Å². The van der Waals surface area contributed by atoms with Crippen molar-refractivity contribution in [1.29, 1.82) is 0 Å². The molecule has 1 atom stereocenters. The molecule has 0 saturated heterocycles. The molecule has 1 unspecified atom stereocenters. The summed E-state index contributed by atoms with van der Waals surface area (Å²) in [6.07, 6.45) is 5.51. The molecular formula is C19H32N4O2S. The van der Waals surface area contributed by atoms with Gasteiger partial charge in [-0.25, -0.2) is 9.78 Å². The molecule has 26 heavy (non-hydrogen) atoms. The smallest absolute Gasteiger partial charge is 0.321 e. The van der Waals surface area contributed by atoms with Crippen LogP contribution in [-0.2, 0) is 11.3 Å². The normalized spacial score (nSPS) is 16.5. The molecule has 0 aliphatic heterocycles. The molecule has 0 bridgehead atoms. The summed E-state index contributed by atoms with van der Waals surface area (Å²) in [4.78, 5) is 29.1. The molecular weight excluding hydrogens is 348 g/mol. The molecule has 7 heteroatoms. The van der Waals surface area contributed by atoms with Gasteiger partial charge in [-0.15, -0.1) is 0 Å². The lowest BCUT2D eigenvalue weighted by Gasteiger charge is -2.23. The van der Waals surface area contributed by atoms with E-state index in [1.165, 1.54) is 18.2 Å². The van der Waals surface area contributed by atoms with Crippen LogP contribution in [-0.4, -0.2) is 32.8 Å². The number of aryl methyl sites for hydroxylation is 1. The van der Waals surface area contributed by atoms with Gasteiger partial charge in [0.25, 0.3) is 0 Å². The summed E-state index contributed by atoms with van der Waals surface area (Å²) >= 11 is 1.40. The largest absolute Gasteiger partial charge is 0.335 e. The Labute approximate surface area is 160 Å². The average molecular weight is 381 g/mol. The Morgan fingerprint density at radius 1 is 1.19 bits per heavy atom. The molecule has 1 aliphatic carbocycles. The van der Waals surface area contributed by atoms with Crippen LogP contribution in [0.25, 0.3) is 0 Å². The summed E-state index contributed by atoms with van der Waals surface area (Å²) < 4.78 is 2.16. The van der Waals surface area contributed by atoms with Gasteiger partial charge in [0, 0.05) is 18.3 Å². The molecule has 1 aromatic heterocycles. The van der Waals surface area contributed by atoms with Crippen LogP contribution in [0.3, 0.4) is 0 Å². The van der Waals surface area contributed by atoms with E-state index in [9.17, 15) is 9.59 Å². The topological polar surface area (TPSA) is 76.0 Å². The highest BCUT2D eigenvalue weighted by Gasteiger charge is 2.23. The number of hydrogen-bond donors (Lipinski definition) is 2. The van der Waals surface area contributed by atoms with Gasteiger partial charge in [0.15, 0.2) is 5.16 Å². The third-order valence-corrected chi connectivity index (χ3v) is 5.89. The second-order valence-electron chi connectivity index (χ2n) is 7.63. The third kappa shape index (κ3) is 5.76. The lowest BCUT2D eigenvalue weighted by Crippen LogP contribution is -2.47. The fraction of sp³-hybridized carbons (Fsp3) is 0.737. The summed E-state index contributed by atoms with van der Waals surface area (Å²) in [6.45, 7) is 11.0. The van der Waals surface area contributed by atoms with E-state index in [-0.39, 0.29) is 23.2 Å². The molecule has 3 amide bonds. The zero-order valence-electron chi connectivity index (χ0n) is 16.6. The van der Waals surface area contributed by atoms with Crippen molar-refractivity contribution in [3.8, 4) is 0 Å². The number of carbonyl (C=O) groups is 2. The van der Waals surface area contributed by atoms with Crippen LogP contribution in [0.5, 0.6) is 0 Å². The van der Waals surface area contributed by atoms with Gasteiger partial charge in [0.1, 0.15) is 0 Å². The first kappa shape index (κ1) is 20.8. The molecule has 1 heterocycles. The maximum atomic E-state index is 12.4. The van der Waals surface area contributed by atoms with Crippen LogP contribution >= 0.6 is 11.8 Å². The van der Waals surface area contributed by atoms with Crippen molar-refractivity contribution in [2.45, 2.75) is 89.7 Å². The number of nitrogens with zero attached hydrogens (tertiary/aromatic N) is 2. The van der Waals surface area contributed by atoms with Crippen molar-refractivity contribution in [3.63, 3.8) is 0 Å². The Bertz CT molecular complexity index is 636. The van der Waals surface area contributed by atoms with Crippen molar-refractivity contribution in [2.75, 3.05) is 0 Å². The van der Waals surface area contributed by atoms with Crippen LogP contribution in [0, 0.1) is 19.8 Å². The number of urea groups is 1. The highest BCUT2D eigenvalue weighted by molar-refractivity contribution is 8.00. The zero-order chi connectivity index (χ0) is 19.3. The molecule has 1 saturated carbocycles. The summed E-state index contributed by atoms with van der Waals surface area (Å²) in [5.41, 5.74) is 2.11. The number of imidazole rings is 1. The molecule has 1 aromatic rings. The number of hydrogen-bond acceptors (Lipinski definition) is 4. The lowest BCUT2D eigenvalue weighted by atomic mass is 9.96. The SMILES string of the molecule is Cc1nc(SC(C)C(=O)NC(=O)NC2CCCCC2)n(CC(C)C)c1C. The quantitative estimate of drug-likeness (QED) is 0.736. The maximum absolute atomic E-state index is 12.4. The number of amides is 3. The second-order valence-corrected chi connectivity index (χ2v) is 8.94. The molecule has 2 N–H and O–H groups in total. The Kier molecular flexibility index (Phi) is 7.55. The van der Waals surface area contributed by atoms with Crippen LogP contribution in [0.1, 0.15) is 64.3 Å². The Morgan fingerprint density at radius 2 is 1.85 bits per heavy atom. The average Bonchev–Trinajstić information content (AvgIpc) is 2.82. The Hall–Kier alpha value is -1.50. The van der Waals surface area contributed by atoms with E-state index in [1.807, 2.05) is 13.8 Å². The van der Waals surface area contributed by atoms with E-state index in [4.69, 9.17) is 0 Å². The number of rotatable bonds is 6. The van der Waals surface area contributed by atoms with Crippen molar-refractivity contribution < 1.29 is 9.59 Å². The van der Waals surface area contributed by atoms with Crippen molar-refractivity contribution in [3.05, 3.63) is 11.4 Å². The summed E-state index contributed by atoms with van der Waals surface area (Å²) in [6, 6.07) is -0.193. The fourth-order valence-corrected chi connectivity index (χ4v) is 4.20. The number of nitrogens with one attached hydrogen (secondary N) is 2. The molecule has 1 fully saturated rings. The minimum absolute atomic E-state index is 0.190. The summed E-state index contributed by atoms with van der Waals surface area (Å²) in [5, 5.41) is 5.85. The summed E-state index contributed by atoms with van der Waals surface area (Å²) in [7, 11) is 0. The first-order valence-corrected chi connectivity index (χ1v) is 10.5. The van der Waals surface area contributed by atoms with E-state index in [0.29, 0.717) is 5.92 Å². The third-order valence-electron chi connectivity index (χ3n) is 4.80. The van der Waals surface area contributed by atoms with Gasteiger partial charge in [-0.1, -0.05) is 44.9 Å². The molecule has 1 aliphatic rings. The van der Waals surface area contributed by atoms with Crippen LogP contribution in [0.15, 0.2) is 5.16 Å². The number of thioether (sulfide) groups is 1. The molecule has 146 valence electrons. The maximum Gasteiger partial charge on any atom is 0.321 e. The van der Waals surface area contributed by atoms with E-state index in [2.05, 4.69) is 41.0 Å². The summed E-state index contributed by atoms with van der Waals surface area (Å²) in [5.74, 6) is 0.213. The minimum Gasteiger partial charge on any atom is -0.335 e. The van der Waals surface area contributed by atoms with E-state index < -0.39 is 0 Å². The van der Waals surface area contributed by atoms with Crippen molar-refractivity contribution in [1.82, 2.24) is 20.2 Å². The highest BCUT2D eigenvalue weighted by Crippen LogP contribution is 2.26. The van der Waals surface area contributed by atoms with Gasteiger partial charge in [-0.2, -0.15) is 0 Å². The number of aromatic nitrogens is 2. The monoisotopic (exact) mass is 380 g/mol. The van der Waals surface area contributed by atoms with Crippen LogP contribution in [0.2, 0.25) is 0 Å². The van der Waals surface area contributed by atoms with Gasteiger partial charge in [0.2, 0.25) is 5.91 Å². The first-order valence-electron chi connectivity index (χ1n) is 9.59. The molecule has 6 nitrogen and oxygen atoms in total. The molecule has 2 rings (SSSR count). The minimum atomic E-state index is -0.390. The predicted octanol–water partition coefficient (Wildman–Crippen LogP) is 3.80. The van der Waals surface area contributed by atoms with Crippen molar-refractivity contribution in [2.24, 2.45) is 5.92 Å². The van der Waals surface area contributed by atoms with Gasteiger partial charge < -0.3 is 9.88 Å². The number of imide groups is 1. The van der Waals surface area contributed by atoms with Crippen LogP contribution in [0.4, 0.5) is 4.79 Å². The van der Waals surface area contributed by atoms with Gasteiger partial charge in [0.05, 0.1) is 10.9 Å². The van der Waals surface area contributed by atoms with Gasteiger partial charge in [-0.05, 0) is 39.5 Å². The Morgan fingerprint density at radius 3 is 2.46 bits per heavy atom. The lowest BCUT2D eigenvalue weighted by molar-refractivity contribution is -0.119. The predicted molar refractivity (Wildman–Crippen MR) is 105 cm³/mol. The standard InChI is InChI=1S/C19H32N4O2S/c1-12(2)11-23-14(4)13(3)20-19(23)26-15(5)17(24)22-18(25)21-16-9-7-6-8-10-16/h12,15-16H,6-11H2,1-5H3,(H2,21,22,24,25). The second kappa shape index (κ2) is 9.44. The van der Waals surface area contributed by atoms with Gasteiger partial charge >= 0.3 is 6.03 Å². The highest BCUT2D eigenvalue weighted by atomic mass is 32.2. The number of carbonyl (C=O) groups excluding carboxylic acids is 2.